The maximum absolute atomic E-state index is 13.3. The molecule has 2 fully saturated rings. The van der Waals surface area contributed by atoms with Crippen LogP contribution in [0.5, 0.6) is 0 Å². The number of rotatable bonds is 57. The standard InChI is InChI=1S/C69H129NO13/c1-3-5-7-9-11-13-15-17-19-21-23-24-25-26-27-28-29-30-31-32-33-34-35-36-38-40-42-44-46-48-50-52-58(73)57(70-61(74)53-51-49-47-45-43-41-39-37-22-20-18-16-14-12-10-8-6-4-2)56-80-68-66(79)64(77)67(60(55-72)82-68)83-69-65(78)63(76)62(75)59(54-71)81-69/h20,22,42,44,50,52,57-60,62-69,71-73,75-79H,3-19,21,23-41,43,45-49,51,53-56H2,1-2H3,(H,70,74)/b22-20-,44-42+,52-50+. The molecule has 12 atom stereocenters. The highest BCUT2D eigenvalue weighted by atomic mass is 16.7. The van der Waals surface area contributed by atoms with Gasteiger partial charge < -0.3 is 65.1 Å². The number of carbonyl (C=O) groups excluding carboxylic acids is 1. The lowest BCUT2D eigenvalue weighted by Crippen LogP contribution is -2.65. The molecular formula is C69H129NO13. The summed E-state index contributed by atoms with van der Waals surface area (Å²) >= 11 is 0. The van der Waals surface area contributed by atoms with Crippen molar-refractivity contribution < 1.29 is 64.6 Å². The van der Waals surface area contributed by atoms with Gasteiger partial charge in [-0.25, -0.2) is 0 Å². The second-order valence-corrected chi connectivity index (χ2v) is 24.6. The summed E-state index contributed by atoms with van der Waals surface area (Å²) < 4.78 is 22.8. The van der Waals surface area contributed by atoms with Crippen LogP contribution in [0.3, 0.4) is 0 Å². The van der Waals surface area contributed by atoms with Gasteiger partial charge in [-0.15, -0.1) is 0 Å². The number of unbranched alkanes of at least 4 members (excludes halogenated alkanes) is 40. The van der Waals surface area contributed by atoms with Crippen LogP contribution in [0, 0.1) is 0 Å². The molecule has 1 amide bonds. The van der Waals surface area contributed by atoms with Crippen LogP contribution in [0.15, 0.2) is 36.5 Å². The fourth-order valence-corrected chi connectivity index (χ4v) is 11.5. The maximum Gasteiger partial charge on any atom is 0.220 e. The maximum atomic E-state index is 13.3. The van der Waals surface area contributed by atoms with Crippen LogP contribution in [0.25, 0.3) is 0 Å². The Morgan fingerprint density at radius 3 is 1.18 bits per heavy atom. The third kappa shape index (κ3) is 39.0. The van der Waals surface area contributed by atoms with E-state index in [4.69, 9.17) is 18.9 Å². The topological polar surface area (TPSA) is 228 Å². The van der Waals surface area contributed by atoms with Gasteiger partial charge in [0.25, 0.3) is 0 Å². The Hall–Kier alpha value is -1.79. The number of nitrogens with one attached hydrogen (secondary N) is 1. The molecule has 0 saturated carbocycles. The first kappa shape index (κ1) is 77.3. The van der Waals surface area contributed by atoms with E-state index in [1.807, 2.05) is 6.08 Å². The summed E-state index contributed by atoms with van der Waals surface area (Å²) in [5.41, 5.74) is 0. The van der Waals surface area contributed by atoms with Crippen molar-refractivity contribution in [2.45, 2.75) is 376 Å². The summed E-state index contributed by atoms with van der Waals surface area (Å²) in [6, 6.07) is -0.934. The molecule has 2 aliphatic rings. The predicted molar refractivity (Wildman–Crippen MR) is 337 cm³/mol. The van der Waals surface area contributed by atoms with Crippen LogP contribution >= 0.6 is 0 Å². The fraction of sp³-hybridized carbons (Fsp3) is 0.899. The number of hydrogen-bond acceptors (Lipinski definition) is 13. The average molecular weight is 1180 g/mol. The van der Waals surface area contributed by atoms with Crippen molar-refractivity contribution in [2.75, 3.05) is 19.8 Å². The smallest absolute Gasteiger partial charge is 0.220 e. The van der Waals surface area contributed by atoms with Crippen molar-refractivity contribution in [2.24, 2.45) is 0 Å². The van der Waals surface area contributed by atoms with Gasteiger partial charge in [-0.05, 0) is 57.8 Å². The summed E-state index contributed by atoms with van der Waals surface area (Å²) in [5, 5.41) is 87.3. The molecule has 14 heteroatoms. The van der Waals surface area contributed by atoms with E-state index in [1.54, 1.807) is 6.08 Å². The lowest BCUT2D eigenvalue weighted by atomic mass is 9.97. The van der Waals surface area contributed by atoms with Crippen molar-refractivity contribution in [1.29, 1.82) is 0 Å². The molecule has 0 aromatic rings. The molecule has 0 spiro atoms. The Bertz CT molecular complexity index is 1530. The normalized spacial score (nSPS) is 24.0. The van der Waals surface area contributed by atoms with Crippen LogP contribution in [0.2, 0.25) is 0 Å². The first-order valence-corrected chi connectivity index (χ1v) is 34.7. The molecular weight excluding hydrogens is 1050 g/mol. The summed E-state index contributed by atoms with van der Waals surface area (Å²) in [5.74, 6) is -0.250. The minimum atomic E-state index is -1.79. The Morgan fingerprint density at radius 1 is 0.422 bits per heavy atom. The summed E-state index contributed by atoms with van der Waals surface area (Å²) in [6.07, 6.45) is 52.1. The molecule has 0 aromatic heterocycles. The van der Waals surface area contributed by atoms with E-state index in [2.05, 4.69) is 43.5 Å². The van der Waals surface area contributed by atoms with Gasteiger partial charge in [-0.3, -0.25) is 4.79 Å². The van der Waals surface area contributed by atoms with Crippen LogP contribution < -0.4 is 5.32 Å². The monoisotopic (exact) mass is 1180 g/mol. The summed E-state index contributed by atoms with van der Waals surface area (Å²) in [6.45, 7) is 2.81. The highest BCUT2D eigenvalue weighted by molar-refractivity contribution is 5.76. The molecule has 0 aromatic carbocycles. The molecule has 12 unspecified atom stereocenters. The third-order valence-corrected chi connectivity index (χ3v) is 17.0. The van der Waals surface area contributed by atoms with E-state index in [0.717, 1.165) is 38.5 Å². The molecule has 488 valence electrons. The van der Waals surface area contributed by atoms with Gasteiger partial charge >= 0.3 is 0 Å². The molecule has 2 heterocycles. The number of amides is 1. The quantitative estimate of drug-likeness (QED) is 0.0204. The molecule has 2 aliphatic heterocycles. The van der Waals surface area contributed by atoms with E-state index in [9.17, 15) is 45.6 Å². The largest absolute Gasteiger partial charge is 0.394 e. The number of aliphatic hydroxyl groups excluding tert-OH is 8. The summed E-state index contributed by atoms with van der Waals surface area (Å²) in [7, 11) is 0. The van der Waals surface area contributed by atoms with Gasteiger partial charge in [0.05, 0.1) is 32.0 Å². The molecule has 14 nitrogen and oxygen atoms in total. The Labute approximate surface area is 506 Å². The molecule has 9 N–H and O–H groups in total. The average Bonchev–Trinajstić information content (AvgIpc) is 3.65. The Balaban J connectivity index is 1.68. The molecule has 2 saturated heterocycles. The van der Waals surface area contributed by atoms with E-state index in [1.165, 1.54) is 231 Å². The molecule has 0 bridgehead atoms. The van der Waals surface area contributed by atoms with Gasteiger partial charge in [-0.1, -0.05) is 275 Å². The van der Waals surface area contributed by atoms with Crippen molar-refractivity contribution >= 4 is 5.91 Å². The van der Waals surface area contributed by atoms with E-state index in [0.29, 0.717) is 12.8 Å². The number of carbonyl (C=O) groups is 1. The Morgan fingerprint density at radius 2 is 0.771 bits per heavy atom. The molecule has 2 rings (SSSR count). The fourth-order valence-electron chi connectivity index (χ4n) is 11.5. The van der Waals surface area contributed by atoms with Crippen LogP contribution in [-0.2, 0) is 23.7 Å². The van der Waals surface area contributed by atoms with Crippen LogP contribution in [-0.4, -0.2) is 140 Å². The van der Waals surface area contributed by atoms with Crippen molar-refractivity contribution in [1.82, 2.24) is 5.32 Å². The number of aliphatic hydroxyl groups is 8. The zero-order valence-electron chi connectivity index (χ0n) is 53.0. The zero-order valence-corrected chi connectivity index (χ0v) is 53.0. The van der Waals surface area contributed by atoms with Crippen LogP contribution in [0.1, 0.15) is 303 Å². The number of ether oxygens (including phenoxy) is 4. The van der Waals surface area contributed by atoms with Crippen molar-refractivity contribution in [3.05, 3.63) is 36.5 Å². The van der Waals surface area contributed by atoms with Crippen molar-refractivity contribution in [3.8, 4) is 0 Å². The Kier molecular flexibility index (Phi) is 50.6. The zero-order chi connectivity index (χ0) is 60.2. The summed E-state index contributed by atoms with van der Waals surface area (Å²) in [4.78, 5) is 13.3. The minimum Gasteiger partial charge on any atom is -0.394 e. The van der Waals surface area contributed by atoms with Gasteiger partial charge in [0.15, 0.2) is 12.6 Å². The van der Waals surface area contributed by atoms with Crippen LogP contribution in [0.4, 0.5) is 0 Å². The minimum absolute atomic E-state index is 0.250. The third-order valence-electron chi connectivity index (χ3n) is 17.0. The molecule has 83 heavy (non-hydrogen) atoms. The van der Waals surface area contributed by atoms with Gasteiger partial charge in [0, 0.05) is 6.42 Å². The molecule has 0 radical (unpaired) electrons. The first-order valence-electron chi connectivity index (χ1n) is 34.7. The number of allylic oxidation sites excluding steroid dienone is 5. The second kappa shape index (κ2) is 54.4. The predicted octanol–water partition coefficient (Wildman–Crippen LogP) is 13.7. The van der Waals surface area contributed by atoms with E-state index >= 15 is 0 Å². The van der Waals surface area contributed by atoms with Gasteiger partial charge in [0.1, 0.15) is 48.8 Å². The van der Waals surface area contributed by atoms with E-state index in [-0.39, 0.29) is 18.9 Å². The molecule has 0 aliphatic carbocycles. The van der Waals surface area contributed by atoms with E-state index < -0.39 is 86.8 Å². The highest BCUT2D eigenvalue weighted by Crippen LogP contribution is 2.30. The van der Waals surface area contributed by atoms with Crippen molar-refractivity contribution in [3.63, 3.8) is 0 Å². The second-order valence-electron chi connectivity index (χ2n) is 24.6. The lowest BCUT2D eigenvalue weighted by molar-refractivity contribution is -0.359. The lowest BCUT2D eigenvalue weighted by Gasteiger charge is -2.46. The first-order chi connectivity index (χ1) is 40.6. The highest BCUT2D eigenvalue weighted by Gasteiger charge is 2.51. The number of hydrogen-bond donors (Lipinski definition) is 9. The van der Waals surface area contributed by atoms with Gasteiger partial charge in [-0.2, -0.15) is 0 Å². The van der Waals surface area contributed by atoms with Gasteiger partial charge in [0.2, 0.25) is 5.91 Å². The SMILES string of the molecule is CCCCCCCCC/C=C\CCCCCCCCCC(=O)NC(COC1OC(CO)C(OC2OC(CO)C(O)C(O)C2O)C(O)C1O)C(O)/C=C/CC/C=C/CCCCCCCCCCCCCCCCCCCCCCCCCCC.